The predicted octanol–water partition coefficient (Wildman–Crippen LogP) is 1.24. The summed E-state index contributed by atoms with van der Waals surface area (Å²) in [5, 5.41) is 0. The fourth-order valence-corrected chi connectivity index (χ4v) is 1.38. The van der Waals surface area contributed by atoms with Gasteiger partial charge in [0.2, 0.25) is 0 Å². The minimum Gasteiger partial charge on any atom is -0.497 e. The van der Waals surface area contributed by atoms with E-state index in [-0.39, 0.29) is 12.2 Å². The molecule has 1 unspecified atom stereocenters. The monoisotopic (exact) mass is 233 g/mol. The smallest absolute Gasteiger partial charge is 0.180 e. The molecule has 4 nitrogen and oxygen atoms in total. The van der Waals surface area contributed by atoms with E-state index in [9.17, 15) is 4.79 Å². The highest BCUT2D eigenvalue weighted by Gasteiger charge is 2.16. The summed E-state index contributed by atoms with van der Waals surface area (Å²) in [5.74, 6) is 3.23. The van der Waals surface area contributed by atoms with E-state index in [1.54, 1.807) is 18.2 Å². The fraction of sp³-hybridized carbons (Fsp3) is 0.308. The Balaban J connectivity index is 3.04. The normalized spacial score (nSPS) is 11.4. The predicted molar refractivity (Wildman–Crippen MR) is 65.3 cm³/mol. The standard InChI is InChI=1S/C13H15NO3/c1-4-5-12(14)13(15)9-6-10(16-2)8-11(7-9)17-3/h1,6-8,12H,5,14H2,2-3H3. The number of methoxy groups -OCH3 is 2. The van der Waals surface area contributed by atoms with Crippen molar-refractivity contribution in [2.75, 3.05) is 14.2 Å². The number of nitrogens with two attached hydrogens (primary N) is 1. The molecule has 0 amide bonds. The molecule has 0 radical (unpaired) electrons. The lowest BCUT2D eigenvalue weighted by Gasteiger charge is -2.10. The molecule has 2 N–H and O–H groups in total. The van der Waals surface area contributed by atoms with Gasteiger partial charge in [0.05, 0.1) is 20.3 Å². The number of ketones is 1. The third kappa shape index (κ3) is 3.23. The molecule has 17 heavy (non-hydrogen) atoms. The van der Waals surface area contributed by atoms with Crippen molar-refractivity contribution in [2.45, 2.75) is 12.5 Å². The number of ether oxygens (including phenoxy) is 2. The van der Waals surface area contributed by atoms with Gasteiger partial charge in [0.25, 0.3) is 0 Å². The highest BCUT2D eigenvalue weighted by Crippen LogP contribution is 2.23. The van der Waals surface area contributed by atoms with E-state index < -0.39 is 6.04 Å². The Morgan fingerprint density at radius 2 is 1.88 bits per heavy atom. The Kier molecular flexibility index (Phi) is 4.56. The summed E-state index contributed by atoms with van der Waals surface area (Å²) < 4.78 is 10.1. The summed E-state index contributed by atoms with van der Waals surface area (Å²) in [4.78, 5) is 11.9. The molecule has 0 saturated heterocycles. The fourth-order valence-electron chi connectivity index (χ4n) is 1.38. The molecule has 0 aromatic heterocycles. The number of hydrogen-bond acceptors (Lipinski definition) is 4. The number of terminal acetylenes is 1. The number of hydrogen-bond donors (Lipinski definition) is 1. The molecule has 1 aromatic carbocycles. The lowest BCUT2D eigenvalue weighted by molar-refractivity contribution is 0.0962. The van der Waals surface area contributed by atoms with Gasteiger partial charge in [-0.15, -0.1) is 12.3 Å². The molecular weight excluding hydrogens is 218 g/mol. The number of benzene rings is 1. The van der Waals surface area contributed by atoms with Crippen molar-refractivity contribution in [2.24, 2.45) is 5.73 Å². The molecule has 0 aliphatic heterocycles. The van der Waals surface area contributed by atoms with Crippen LogP contribution in [-0.4, -0.2) is 26.0 Å². The van der Waals surface area contributed by atoms with Crippen LogP contribution >= 0.6 is 0 Å². The summed E-state index contributed by atoms with van der Waals surface area (Å²) in [5.41, 5.74) is 6.10. The van der Waals surface area contributed by atoms with E-state index in [2.05, 4.69) is 5.92 Å². The Bertz CT molecular complexity index is 426. The third-order valence-electron chi connectivity index (χ3n) is 2.31. The maximum atomic E-state index is 11.9. The van der Waals surface area contributed by atoms with Crippen LogP contribution in [0.5, 0.6) is 11.5 Å². The summed E-state index contributed by atoms with van der Waals surface area (Å²) in [6, 6.07) is 4.21. The van der Waals surface area contributed by atoms with Crippen LogP contribution in [0.4, 0.5) is 0 Å². The quantitative estimate of drug-likeness (QED) is 0.614. The van der Waals surface area contributed by atoms with Crippen LogP contribution in [0.1, 0.15) is 16.8 Å². The third-order valence-corrected chi connectivity index (χ3v) is 2.31. The average Bonchev–Trinajstić information content (AvgIpc) is 2.37. The zero-order valence-electron chi connectivity index (χ0n) is 9.90. The summed E-state index contributed by atoms with van der Waals surface area (Å²) in [7, 11) is 3.04. The molecule has 0 aliphatic rings. The van der Waals surface area contributed by atoms with Crippen molar-refractivity contribution in [3.05, 3.63) is 23.8 Å². The van der Waals surface area contributed by atoms with Gasteiger partial charge in [-0.3, -0.25) is 4.79 Å². The second-order valence-electron chi connectivity index (χ2n) is 3.48. The van der Waals surface area contributed by atoms with Gasteiger partial charge < -0.3 is 15.2 Å². The van der Waals surface area contributed by atoms with Crippen molar-refractivity contribution in [3.8, 4) is 23.8 Å². The van der Waals surface area contributed by atoms with Crippen LogP contribution in [0.2, 0.25) is 0 Å². The van der Waals surface area contributed by atoms with Gasteiger partial charge in [-0.05, 0) is 12.1 Å². The van der Waals surface area contributed by atoms with Gasteiger partial charge in [-0.1, -0.05) is 0 Å². The minimum absolute atomic E-state index is 0.207. The molecule has 1 rings (SSSR count). The van der Waals surface area contributed by atoms with Crippen molar-refractivity contribution in [3.63, 3.8) is 0 Å². The highest BCUT2D eigenvalue weighted by molar-refractivity contribution is 6.00. The SMILES string of the molecule is C#CCC(N)C(=O)c1cc(OC)cc(OC)c1. The van der Waals surface area contributed by atoms with Crippen LogP contribution < -0.4 is 15.2 Å². The maximum Gasteiger partial charge on any atom is 0.180 e. The van der Waals surface area contributed by atoms with Gasteiger partial charge >= 0.3 is 0 Å². The minimum atomic E-state index is -0.697. The lowest BCUT2D eigenvalue weighted by atomic mass is 10.0. The van der Waals surface area contributed by atoms with Crippen LogP contribution in [0.15, 0.2) is 18.2 Å². The van der Waals surface area contributed by atoms with Crippen LogP contribution in [0.25, 0.3) is 0 Å². The first kappa shape index (κ1) is 13.1. The Morgan fingerprint density at radius 1 is 1.35 bits per heavy atom. The molecule has 1 aromatic rings. The van der Waals surface area contributed by atoms with E-state index in [1.165, 1.54) is 14.2 Å². The molecule has 0 saturated carbocycles. The second kappa shape index (κ2) is 5.92. The molecule has 4 heteroatoms. The molecule has 0 spiro atoms. The van der Waals surface area contributed by atoms with Gasteiger partial charge in [0.1, 0.15) is 11.5 Å². The van der Waals surface area contributed by atoms with E-state index in [4.69, 9.17) is 21.6 Å². The molecule has 0 bridgehead atoms. The maximum absolute atomic E-state index is 11.9. The molecule has 0 fully saturated rings. The van der Waals surface area contributed by atoms with Crippen molar-refractivity contribution in [1.29, 1.82) is 0 Å². The summed E-state index contributed by atoms with van der Waals surface area (Å²) in [6.07, 6.45) is 5.33. The number of Topliss-reactive ketones (excluding diaryl/α,β-unsaturated/α-hetero) is 1. The molecule has 90 valence electrons. The average molecular weight is 233 g/mol. The molecule has 1 atom stereocenters. The van der Waals surface area contributed by atoms with Crippen LogP contribution in [0, 0.1) is 12.3 Å². The Labute approximate surface area is 101 Å². The number of rotatable bonds is 5. The lowest BCUT2D eigenvalue weighted by Crippen LogP contribution is -2.29. The van der Waals surface area contributed by atoms with E-state index >= 15 is 0 Å². The van der Waals surface area contributed by atoms with Crippen molar-refractivity contribution < 1.29 is 14.3 Å². The highest BCUT2D eigenvalue weighted by atomic mass is 16.5. The van der Waals surface area contributed by atoms with E-state index in [0.717, 1.165) is 0 Å². The first-order valence-electron chi connectivity index (χ1n) is 5.08. The summed E-state index contributed by atoms with van der Waals surface area (Å²) >= 11 is 0. The Morgan fingerprint density at radius 3 is 2.29 bits per heavy atom. The topological polar surface area (TPSA) is 61.6 Å². The van der Waals surface area contributed by atoms with Crippen molar-refractivity contribution in [1.82, 2.24) is 0 Å². The first-order valence-corrected chi connectivity index (χ1v) is 5.08. The van der Waals surface area contributed by atoms with Crippen molar-refractivity contribution >= 4 is 5.78 Å². The van der Waals surface area contributed by atoms with Crippen LogP contribution in [-0.2, 0) is 0 Å². The molecule has 0 aliphatic carbocycles. The number of carbonyl (C=O) groups is 1. The van der Waals surface area contributed by atoms with Gasteiger partial charge in [0.15, 0.2) is 5.78 Å². The van der Waals surface area contributed by atoms with Gasteiger partial charge in [-0.25, -0.2) is 0 Å². The zero-order chi connectivity index (χ0) is 12.8. The number of carbonyl (C=O) groups excluding carboxylic acids is 1. The Hall–Kier alpha value is -1.99. The van der Waals surface area contributed by atoms with Gasteiger partial charge in [0, 0.05) is 18.1 Å². The molecule has 0 heterocycles. The molecular formula is C13H15NO3. The summed E-state index contributed by atoms with van der Waals surface area (Å²) in [6.45, 7) is 0. The zero-order valence-corrected chi connectivity index (χ0v) is 9.90. The van der Waals surface area contributed by atoms with E-state index in [0.29, 0.717) is 17.1 Å². The largest absolute Gasteiger partial charge is 0.497 e. The first-order chi connectivity index (χ1) is 8.12. The van der Waals surface area contributed by atoms with E-state index in [1.807, 2.05) is 0 Å². The van der Waals surface area contributed by atoms with Gasteiger partial charge in [-0.2, -0.15) is 0 Å². The van der Waals surface area contributed by atoms with Crippen LogP contribution in [0.3, 0.4) is 0 Å². The second-order valence-corrected chi connectivity index (χ2v) is 3.48.